The molecule has 0 aliphatic carbocycles. The summed E-state index contributed by atoms with van der Waals surface area (Å²) in [4.78, 5) is 17.9. The van der Waals surface area contributed by atoms with E-state index >= 15 is 0 Å². The first-order valence-corrected chi connectivity index (χ1v) is 8.25. The maximum Gasteiger partial charge on any atom is 0.234 e. The lowest BCUT2D eigenvalue weighted by molar-refractivity contribution is -0.122. The molecule has 0 atom stereocenters. The molecule has 24 heavy (non-hydrogen) atoms. The van der Waals surface area contributed by atoms with E-state index in [4.69, 9.17) is 16.6 Å². The van der Waals surface area contributed by atoms with E-state index in [-0.39, 0.29) is 5.91 Å². The van der Waals surface area contributed by atoms with Gasteiger partial charge in [0.25, 0.3) is 0 Å². The van der Waals surface area contributed by atoms with Crippen molar-refractivity contribution < 1.29 is 9.21 Å². The number of rotatable bonds is 8. The summed E-state index contributed by atoms with van der Waals surface area (Å²) in [5.41, 5.74) is 0. The van der Waals surface area contributed by atoms with E-state index in [0.717, 1.165) is 17.9 Å². The SMILES string of the molecule is CCCNC(=O)CN(C)Cn1[nH]c(/C=C/c2ccc(C)o2)nc1=S. The smallest absolute Gasteiger partial charge is 0.234 e. The molecule has 0 fully saturated rings. The summed E-state index contributed by atoms with van der Waals surface area (Å²) < 4.78 is 7.62. The Bertz CT molecular complexity index is 759. The van der Waals surface area contributed by atoms with Crippen LogP contribution in [0.15, 0.2) is 16.5 Å². The van der Waals surface area contributed by atoms with Crippen LogP contribution in [0.5, 0.6) is 0 Å². The number of hydrogen-bond acceptors (Lipinski definition) is 5. The second-order valence-electron chi connectivity index (χ2n) is 5.61. The summed E-state index contributed by atoms with van der Waals surface area (Å²) in [6.45, 7) is 5.37. The fourth-order valence-electron chi connectivity index (χ4n) is 2.11. The van der Waals surface area contributed by atoms with Crippen LogP contribution in [0.1, 0.15) is 30.7 Å². The van der Waals surface area contributed by atoms with Crippen LogP contribution in [-0.2, 0) is 11.5 Å². The first-order chi connectivity index (χ1) is 11.5. The monoisotopic (exact) mass is 349 g/mol. The zero-order chi connectivity index (χ0) is 17.5. The van der Waals surface area contributed by atoms with Crippen molar-refractivity contribution in [2.24, 2.45) is 0 Å². The van der Waals surface area contributed by atoms with Gasteiger partial charge in [-0.1, -0.05) is 6.92 Å². The van der Waals surface area contributed by atoms with Crippen molar-refractivity contribution >= 4 is 30.3 Å². The normalized spacial score (nSPS) is 11.5. The van der Waals surface area contributed by atoms with E-state index in [9.17, 15) is 4.79 Å². The Morgan fingerprint density at radius 2 is 2.29 bits per heavy atom. The summed E-state index contributed by atoms with van der Waals surface area (Å²) >= 11 is 5.25. The summed E-state index contributed by atoms with van der Waals surface area (Å²) in [7, 11) is 1.86. The largest absolute Gasteiger partial charge is 0.462 e. The zero-order valence-corrected chi connectivity index (χ0v) is 15.0. The average Bonchev–Trinajstić information content (AvgIpc) is 3.09. The minimum absolute atomic E-state index is 0.00121. The molecule has 8 heteroatoms. The molecule has 2 aromatic heterocycles. The summed E-state index contributed by atoms with van der Waals surface area (Å²) in [5.74, 6) is 2.25. The topological polar surface area (TPSA) is 79.1 Å². The van der Waals surface area contributed by atoms with Gasteiger partial charge >= 0.3 is 0 Å². The van der Waals surface area contributed by atoms with E-state index < -0.39 is 0 Å². The van der Waals surface area contributed by atoms with Gasteiger partial charge in [0.2, 0.25) is 10.7 Å². The Kier molecular flexibility index (Phi) is 6.51. The van der Waals surface area contributed by atoms with Crippen LogP contribution in [-0.4, -0.2) is 45.7 Å². The lowest BCUT2D eigenvalue weighted by Gasteiger charge is -2.16. The number of amides is 1. The third kappa shape index (κ3) is 5.47. The molecule has 0 bridgehead atoms. The van der Waals surface area contributed by atoms with Gasteiger partial charge < -0.3 is 9.73 Å². The van der Waals surface area contributed by atoms with Gasteiger partial charge in [0.15, 0.2) is 0 Å². The number of likely N-dealkylation sites (N-methyl/N-ethyl adjacent to an activating group) is 1. The van der Waals surface area contributed by atoms with Gasteiger partial charge in [-0.25, -0.2) is 4.68 Å². The number of hydrogen-bond donors (Lipinski definition) is 2. The van der Waals surface area contributed by atoms with Crippen molar-refractivity contribution in [1.29, 1.82) is 0 Å². The van der Waals surface area contributed by atoms with Gasteiger partial charge in [-0.15, -0.1) is 0 Å². The molecule has 0 radical (unpaired) electrons. The number of carbonyl (C=O) groups excluding carboxylic acids is 1. The number of nitrogens with one attached hydrogen (secondary N) is 2. The second kappa shape index (κ2) is 8.60. The number of furan rings is 1. The van der Waals surface area contributed by atoms with Crippen molar-refractivity contribution in [1.82, 2.24) is 25.0 Å². The molecule has 2 N–H and O–H groups in total. The molecule has 0 aliphatic rings. The third-order valence-corrected chi connectivity index (χ3v) is 3.54. The maximum absolute atomic E-state index is 11.7. The van der Waals surface area contributed by atoms with Gasteiger partial charge in [0, 0.05) is 6.54 Å². The standard InChI is InChI=1S/C16H23N5O2S/c1-4-9-17-15(22)10-20(3)11-21-16(24)18-14(19-21)8-7-13-6-5-12(2)23-13/h5-8H,4,9-11H2,1-3H3,(H,17,22)(H,18,19,24)/b8-7+. The molecule has 0 aromatic carbocycles. The second-order valence-corrected chi connectivity index (χ2v) is 5.97. The Labute approximate surface area is 146 Å². The van der Waals surface area contributed by atoms with Gasteiger partial charge in [0.1, 0.15) is 17.3 Å². The van der Waals surface area contributed by atoms with Crippen LogP contribution >= 0.6 is 12.2 Å². The molecule has 2 rings (SSSR count). The summed E-state index contributed by atoms with van der Waals surface area (Å²) in [6.07, 6.45) is 4.55. The average molecular weight is 349 g/mol. The van der Waals surface area contributed by atoms with Crippen LogP contribution in [0.25, 0.3) is 12.2 Å². The molecule has 0 unspecified atom stereocenters. The highest BCUT2D eigenvalue weighted by atomic mass is 32.1. The van der Waals surface area contributed by atoms with Gasteiger partial charge in [-0.05, 0) is 56.9 Å². The lowest BCUT2D eigenvalue weighted by Crippen LogP contribution is -2.36. The predicted octanol–water partition coefficient (Wildman–Crippen LogP) is 2.43. The molecule has 0 aliphatic heterocycles. The maximum atomic E-state index is 11.7. The highest BCUT2D eigenvalue weighted by Gasteiger charge is 2.08. The molecule has 0 saturated heterocycles. The number of nitrogens with zero attached hydrogens (tertiary/aromatic N) is 3. The van der Waals surface area contributed by atoms with Crippen LogP contribution in [0, 0.1) is 11.7 Å². The highest BCUT2D eigenvalue weighted by Crippen LogP contribution is 2.09. The summed E-state index contributed by atoms with van der Waals surface area (Å²) in [6, 6.07) is 3.79. The van der Waals surface area contributed by atoms with Gasteiger partial charge in [-0.3, -0.25) is 14.8 Å². The Morgan fingerprint density at radius 1 is 1.50 bits per heavy atom. The minimum Gasteiger partial charge on any atom is -0.462 e. The first-order valence-electron chi connectivity index (χ1n) is 7.84. The van der Waals surface area contributed by atoms with Crippen LogP contribution in [0.2, 0.25) is 0 Å². The van der Waals surface area contributed by atoms with Crippen LogP contribution in [0.4, 0.5) is 0 Å². The fourth-order valence-corrected chi connectivity index (χ4v) is 2.31. The van der Waals surface area contributed by atoms with Crippen molar-refractivity contribution in [3.63, 3.8) is 0 Å². The Hall–Kier alpha value is -2.19. The molecular weight excluding hydrogens is 326 g/mol. The fraction of sp³-hybridized carbons (Fsp3) is 0.438. The Balaban J connectivity index is 1.94. The van der Waals surface area contributed by atoms with E-state index in [1.165, 1.54) is 0 Å². The zero-order valence-electron chi connectivity index (χ0n) is 14.2. The molecule has 2 aromatic rings. The first kappa shape index (κ1) is 18.2. The third-order valence-electron chi connectivity index (χ3n) is 3.23. The molecule has 7 nitrogen and oxygen atoms in total. The highest BCUT2D eigenvalue weighted by molar-refractivity contribution is 7.71. The van der Waals surface area contributed by atoms with Gasteiger partial charge in [-0.2, -0.15) is 4.98 Å². The quantitative estimate of drug-likeness (QED) is 0.716. The van der Waals surface area contributed by atoms with E-state index in [2.05, 4.69) is 15.4 Å². The van der Waals surface area contributed by atoms with Crippen molar-refractivity contribution in [3.05, 3.63) is 34.2 Å². The molecule has 2 heterocycles. The van der Waals surface area contributed by atoms with E-state index in [1.54, 1.807) is 10.8 Å². The molecule has 130 valence electrons. The van der Waals surface area contributed by atoms with Crippen LogP contribution < -0.4 is 5.32 Å². The van der Waals surface area contributed by atoms with Crippen LogP contribution in [0.3, 0.4) is 0 Å². The number of aromatic nitrogens is 3. The van der Waals surface area contributed by atoms with E-state index in [0.29, 0.717) is 30.4 Å². The Morgan fingerprint density at radius 3 is 2.96 bits per heavy atom. The number of aromatic amines is 1. The number of carbonyl (C=O) groups is 1. The molecular formula is C16H23N5O2S. The minimum atomic E-state index is -0.00121. The molecule has 0 saturated carbocycles. The lowest BCUT2D eigenvalue weighted by atomic mass is 10.4. The van der Waals surface area contributed by atoms with Gasteiger partial charge in [0.05, 0.1) is 13.2 Å². The number of H-pyrrole nitrogens is 1. The van der Waals surface area contributed by atoms with Crippen molar-refractivity contribution in [3.8, 4) is 0 Å². The molecule has 1 amide bonds. The van der Waals surface area contributed by atoms with Crippen molar-refractivity contribution in [2.75, 3.05) is 20.1 Å². The predicted molar refractivity (Wildman–Crippen MR) is 95.7 cm³/mol. The van der Waals surface area contributed by atoms with E-state index in [1.807, 2.05) is 44.0 Å². The summed E-state index contributed by atoms with van der Waals surface area (Å²) in [5, 5.41) is 5.95. The number of aryl methyl sites for hydroxylation is 1. The van der Waals surface area contributed by atoms with Crippen molar-refractivity contribution in [2.45, 2.75) is 26.9 Å². The molecule has 0 spiro atoms.